The number of thiophene rings is 1. The molecule has 1 aromatic carbocycles. The van der Waals surface area contributed by atoms with Crippen LogP contribution in [0, 0.1) is 0 Å². The predicted molar refractivity (Wildman–Crippen MR) is 110 cm³/mol. The minimum atomic E-state index is -4.68. The third-order valence-corrected chi connectivity index (χ3v) is 7.12. The molecule has 1 fully saturated rings. The van der Waals surface area contributed by atoms with E-state index in [9.17, 15) is 22.8 Å². The first-order chi connectivity index (χ1) is 14.8. The summed E-state index contributed by atoms with van der Waals surface area (Å²) in [7, 11) is 0. The Hall–Kier alpha value is -2.50. The largest absolute Gasteiger partial charge is 0.451 e. The zero-order valence-corrected chi connectivity index (χ0v) is 17.6. The van der Waals surface area contributed by atoms with Crippen LogP contribution in [-0.2, 0) is 11.0 Å². The van der Waals surface area contributed by atoms with E-state index < -0.39 is 18.6 Å². The number of nitrogens with zero attached hydrogens (tertiary/aromatic N) is 3. The van der Waals surface area contributed by atoms with Crippen molar-refractivity contribution in [2.24, 2.45) is 0 Å². The van der Waals surface area contributed by atoms with Crippen molar-refractivity contribution in [2.45, 2.75) is 17.1 Å². The topological polar surface area (TPSA) is 83.4 Å². The smallest absolute Gasteiger partial charge is 0.387 e. The molecule has 1 aliphatic heterocycles. The van der Waals surface area contributed by atoms with E-state index in [1.165, 1.54) is 17.4 Å². The number of hydrogen-bond acceptors (Lipinski definition) is 7. The number of carbonyl (C=O) groups is 2. The lowest BCUT2D eigenvalue weighted by atomic mass is 9.98. The molecule has 11 heteroatoms. The average Bonchev–Trinajstić information content (AvgIpc) is 3.19. The van der Waals surface area contributed by atoms with Crippen LogP contribution in [0.3, 0.4) is 0 Å². The maximum Gasteiger partial charge on any atom is 0.451 e. The first kappa shape index (κ1) is 21.7. The highest BCUT2D eigenvalue weighted by molar-refractivity contribution is 8.00. The third-order valence-electron chi connectivity index (χ3n) is 4.84. The molecule has 0 aliphatic carbocycles. The van der Waals surface area contributed by atoms with Gasteiger partial charge in [0.05, 0.1) is 16.1 Å². The van der Waals surface area contributed by atoms with Crippen LogP contribution in [0.4, 0.5) is 13.2 Å². The molecule has 1 saturated heterocycles. The number of Topliss-reactive ketones (excluding diaryl/α,β-unsaturated/α-hetero) is 1. The summed E-state index contributed by atoms with van der Waals surface area (Å²) in [5, 5.41) is 9.45. The molecule has 0 saturated carbocycles. The molecular weight excluding hydrogens is 451 g/mol. The fraction of sp³-hybridized carbons (Fsp3) is 0.300. The highest BCUT2D eigenvalue weighted by Gasteiger charge is 2.36. The number of fused-ring (bicyclic) bond motifs is 1. The van der Waals surface area contributed by atoms with Gasteiger partial charge in [-0.2, -0.15) is 13.2 Å². The van der Waals surface area contributed by atoms with E-state index in [0.717, 1.165) is 16.6 Å². The standard InChI is InChI=1S/C20H16F3N3O3S2/c21-20(22,23)19-24-13-4-2-1-3-12(13)18(25-19)30-10-14(28)16-6-5-15(31-16)11-7-26(8-11)17(29)9-27/h1-6,11,27H,7-10H2. The van der Waals surface area contributed by atoms with Crippen LogP contribution < -0.4 is 0 Å². The fourth-order valence-corrected chi connectivity index (χ4v) is 5.20. The zero-order valence-electron chi connectivity index (χ0n) is 15.9. The molecular formula is C20H16F3N3O3S2. The summed E-state index contributed by atoms with van der Waals surface area (Å²) in [4.78, 5) is 34.3. The molecule has 31 heavy (non-hydrogen) atoms. The van der Waals surface area contributed by atoms with Crippen molar-refractivity contribution < 1.29 is 27.9 Å². The van der Waals surface area contributed by atoms with Crippen LogP contribution in [0.5, 0.6) is 0 Å². The van der Waals surface area contributed by atoms with Gasteiger partial charge in [0.1, 0.15) is 11.6 Å². The number of aliphatic hydroxyl groups excluding tert-OH is 1. The van der Waals surface area contributed by atoms with Gasteiger partial charge in [0.2, 0.25) is 11.7 Å². The summed E-state index contributed by atoms with van der Waals surface area (Å²) in [5.41, 5.74) is 0.171. The monoisotopic (exact) mass is 467 g/mol. The number of rotatable bonds is 6. The van der Waals surface area contributed by atoms with Crippen molar-refractivity contribution in [3.63, 3.8) is 0 Å². The molecule has 0 atom stereocenters. The van der Waals surface area contributed by atoms with Crippen molar-refractivity contribution >= 4 is 45.7 Å². The summed E-state index contributed by atoms with van der Waals surface area (Å²) in [6.07, 6.45) is -4.68. The fourth-order valence-electron chi connectivity index (χ4n) is 3.17. The van der Waals surface area contributed by atoms with E-state index in [1.807, 2.05) is 6.07 Å². The Balaban J connectivity index is 1.46. The molecule has 162 valence electrons. The lowest BCUT2D eigenvalue weighted by Crippen LogP contribution is -2.49. The molecule has 1 amide bonds. The molecule has 0 bridgehead atoms. The molecule has 6 nitrogen and oxygen atoms in total. The minimum Gasteiger partial charge on any atom is -0.387 e. The van der Waals surface area contributed by atoms with Crippen LogP contribution in [0.1, 0.15) is 26.3 Å². The number of alkyl halides is 3. The van der Waals surface area contributed by atoms with E-state index >= 15 is 0 Å². The van der Waals surface area contributed by atoms with Gasteiger partial charge in [-0.1, -0.05) is 30.0 Å². The van der Waals surface area contributed by atoms with Crippen LogP contribution >= 0.6 is 23.1 Å². The van der Waals surface area contributed by atoms with Gasteiger partial charge in [-0.3, -0.25) is 9.59 Å². The van der Waals surface area contributed by atoms with E-state index in [-0.39, 0.29) is 33.9 Å². The SMILES string of the molecule is O=C(CSc1nc(C(F)(F)F)nc2ccccc12)c1ccc(C2CN(C(=O)CO)C2)s1. The van der Waals surface area contributed by atoms with Crippen molar-refractivity contribution in [3.8, 4) is 0 Å². The van der Waals surface area contributed by atoms with Gasteiger partial charge < -0.3 is 10.0 Å². The predicted octanol–water partition coefficient (Wildman–Crippen LogP) is 3.60. The Bertz CT molecular complexity index is 1140. The van der Waals surface area contributed by atoms with Crippen molar-refractivity contribution in [2.75, 3.05) is 25.4 Å². The van der Waals surface area contributed by atoms with Gasteiger partial charge in [-0.25, -0.2) is 9.97 Å². The number of hydrogen-bond donors (Lipinski definition) is 1. The van der Waals surface area contributed by atoms with Gasteiger partial charge >= 0.3 is 6.18 Å². The zero-order chi connectivity index (χ0) is 22.2. The Morgan fingerprint density at radius 2 is 1.90 bits per heavy atom. The number of benzene rings is 1. The van der Waals surface area contributed by atoms with Crippen molar-refractivity contribution in [1.29, 1.82) is 0 Å². The normalized spacial score (nSPS) is 14.6. The van der Waals surface area contributed by atoms with Gasteiger partial charge in [0, 0.05) is 29.3 Å². The average molecular weight is 467 g/mol. The number of aromatic nitrogens is 2. The second-order valence-corrected chi connectivity index (χ2v) is 9.01. The summed E-state index contributed by atoms with van der Waals surface area (Å²) < 4.78 is 39.4. The summed E-state index contributed by atoms with van der Waals surface area (Å²) in [6.45, 7) is 0.469. The number of likely N-dealkylation sites (tertiary alicyclic amines) is 1. The second-order valence-electron chi connectivity index (χ2n) is 6.93. The number of amides is 1. The van der Waals surface area contributed by atoms with Crippen molar-refractivity contribution in [3.05, 3.63) is 52.0 Å². The van der Waals surface area contributed by atoms with E-state index in [2.05, 4.69) is 9.97 Å². The van der Waals surface area contributed by atoms with Crippen LogP contribution in [0.15, 0.2) is 41.4 Å². The van der Waals surface area contributed by atoms with E-state index in [4.69, 9.17) is 5.11 Å². The molecule has 2 aromatic heterocycles. The highest BCUT2D eigenvalue weighted by Crippen LogP contribution is 2.34. The van der Waals surface area contributed by atoms with E-state index in [1.54, 1.807) is 29.2 Å². The molecule has 1 N–H and O–H groups in total. The van der Waals surface area contributed by atoms with Crippen molar-refractivity contribution in [1.82, 2.24) is 14.9 Å². The third kappa shape index (κ3) is 4.58. The minimum absolute atomic E-state index is 0.0575. The van der Waals surface area contributed by atoms with Crippen LogP contribution in [-0.4, -0.2) is 57.1 Å². The summed E-state index contributed by atoms with van der Waals surface area (Å²) in [5.74, 6) is -1.70. The molecule has 0 unspecified atom stereocenters. The maximum absolute atomic E-state index is 13.1. The molecule has 4 rings (SSSR count). The Kier molecular flexibility index (Phi) is 6.00. The lowest BCUT2D eigenvalue weighted by molar-refractivity contribution is -0.145. The molecule has 0 radical (unpaired) electrons. The number of aliphatic hydroxyl groups is 1. The van der Waals surface area contributed by atoms with Crippen LogP contribution in [0.25, 0.3) is 10.9 Å². The summed E-state index contributed by atoms with van der Waals surface area (Å²) in [6, 6.07) is 9.90. The molecule has 0 spiro atoms. The second kappa shape index (κ2) is 8.56. The Morgan fingerprint density at radius 1 is 1.16 bits per heavy atom. The highest BCUT2D eigenvalue weighted by atomic mass is 32.2. The quantitative estimate of drug-likeness (QED) is 0.339. The molecule has 1 aliphatic rings. The Labute approximate surface area is 183 Å². The molecule has 3 aromatic rings. The number of para-hydroxylation sites is 1. The van der Waals surface area contributed by atoms with Crippen LogP contribution in [0.2, 0.25) is 0 Å². The van der Waals surface area contributed by atoms with Gasteiger partial charge in [0.25, 0.3) is 0 Å². The van der Waals surface area contributed by atoms with Gasteiger partial charge in [-0.05, 0) is 18.2 Å². The number of thioether (sulfide) groups is 1. The number of carbonyl (C=O) groups excluding carboxylic acids is 2. The van der Waals surface area contributed by atoms with E-state index in [0.29, 0.717) is 23.4 Å². The summed E-state index contributed by atoms with van der Waals surface area (Å²) >= 11 is 2.27. The lowest BCUT2D eigenvalue weighted by Gasteiger charge is -2.38. The Morgan fingerprint density at radius 3 is 2.61 bits per heavy atom. The maximum atomic E-state index is 13.1. The first-order valence-corrected chi connectivity index (χ1v) is 11.0. The molecule has 3 heterocycles. The number of ketones is 1. The van der Waals surface area contributed by atoms with Gasteiger partial charge in [0.15, 0.2) is 5.78 Å². The number of halogens is 3. The first-order valence-electron chi connectivity index (χ1n) is 9.24. The van der Waals surface area contributed by atoms with Gasteiger partial charge in [-0.15, -0.1) is 11.3 Å².